The molecule has 0 saturated heterocycles. The van der Waals surface area contributed by atoms with E-state index in [2.05, 4.69) is 20.8 Å². The fraction of sp³-hybridized carbons (Fsp3) is 0.500. The minimum absolute atomic E-state index is 0.0487. The van der Waals surface area contributed by atoms with Crippen molar-refractivity contribution >= 4 is 40.9 Å². The molecule has 1 saturated carbocycles. The van der Waals surface area contributed by atoms with Crippen molar-refractivity contribution in [2.75, 3.05) is 5.75 Å². The van der Waals surface area contributed by atoms with Crippen LogP contribution in [0.5, 0.6) is 0 Å². The Morgan fingerprint density at radius 2 is 1.96 bits per heavy atom. The van der Waals surface area contributed by atoms with E-state index in [-0.39, 0.29) is 27.6 Å². The van der Waals surface area contributed by atoms with Crippen LogP contribution in [0.25, 0.3) is 5.65 Å². The molecule has 2 aromatic rings. The van der Waals surface area contributed by atoms with Crippen LogP contribution in [0.2, 0.25) is 5.02 Å². The molecule has 1 aliphatic rings. The van der Waals surface area contributed by atoms with E-state index in [1.807, 2.05) is 0 Å². The second-order valence-electron chi connectivity index (χ2n) is 6.40. The molecule has 2 heterocycles. The predicted molar refractivity (Wildman–Crippen MR) is 97.3 cm³/mol. The molecule has 1 fully saturated rings. The molecule has 3 rings (SSSR count). The lowest BCUT2D eigenvalue weighted by molar-refractivity contribution is -0.137. The summed E-state index contributed by atoms with van der Waals surface area (Å²) in [6.07, 6.45) is 1.21. The summed E-state index contributed by atoms with van der Waals surface area (Å²) < 4.78 is 39.9. The van der Waals surface area contributed by atoms with E-state index >= 15 is 0 Å². The SMILES string of the molecule is O=C(CSc1nnc2c(Cl)cc(C(F)(F)F)cn12)NC(=O)NC1CCCCC1. The number of alkyl halides is 3. The lowest BCUT2D eigenvalue weighted by Gasteiger charge is -2.22. The van der Waals surface area contributed by atoms with Gasteiger partial charge in [-0.2, -0.15) is 13.2 Å². The number of imide groups is 1. The largest absolute Gasteiger partial charge is 0.417 e. The van der Waals surface area contributed by atoms with Crippen molar-refractivity contribution < 1.29 is 22.8 Å². The summed E-state index contributed by atoms with van der Waals surface area (Å²) in [6, 6.07) is 0.242. The number of fused-ring (bicyclic) bond motifs is 1. The first-order valence-corrected chi connectivity index (χ1v) is 9.95. The molecule has 0 radical (unpaired) electrons. The fourth-order valence-electron chi connectivity index (χ4n) is 2.95. The Morgan fingerprint density at radius 1 is 1.25 bits per heavy atom. The number of urea groups is 1. The molecule has 3 amide bonds. The van der Waals surface area contributed by atoms with Crippen LogP contribution in [0.4, 0.5) is 18.0 Å². The van der Waals surface area contributed by atoms with Gasteiger partial charge in [0.25, 0.3) is 0 Å². The van der Waals surface area contributed by atoms with Crippen molar-refractivity contribution in [1.29, 1.82) is 0 Å². The molecule has 1 aliphatic carbocycles. The zero-order valence-corrected chi connectivity index (χ0v) is 16.1. The van der Waals surface area contributed by atoms with Gasteiger partial charge in [0, 0.05) is 12.2 Å². The summed E-state index contributed by atoms with van der Waals surface area (Å²) in [5.74, 6) is -0.805. The highest BCUT2D eigenvalue weighted by molar-refractivity contribution is 7.99. The summed E-state index contributed by atoms with van der Waals surface area (Å²) in [5, 5.41) is 12.3. The second-order valence-corrected chi connectivity index (χ2v) is 7.75. The molecule has 0 spiro atoms. The van der Waals surface area contributed by atoms with Gasteiger partial charge < -0.3 is 5.32 Å². The summed E-state index contributed by atoms with van der Waals surface area (Å²) in [4.78, 5) is 23.8. The summed E-state index contributed by atoms with van der Waals surface area (Å²) in [5.41, 5.74) is -0.907. The first-order valence-electron chi connectivity index (χ1n) is 8.58. The zero-order valence-electron chi connectivity index (χ0n) is 14.6. The lowest BCUT2D eigenvalue weighted by atomic mass is 9.96. The Bertz CT molecular complexity index is 883. The van der Waals surface area contributed by atoms with Crippen LogP contribution in [0.15, 0.2) is 17.4 Å². The number of rotatable bonds is 4. The normalized spacial score (nSPS) is 15.6. The number of pyridine rings is 1. The number of amides is 3. The van der Waals surface area contributed by atoms with Crippen LogP contribution < -0.4 is 10.6 Å². The first kappa shape index (κ1) is 20.7. The third-order valence-electron chi connectivity index (χ3n) is 4.28. The number of nitrogens with one attached hydrogen (secondary N) is 2. The maximum absolute atomic E-state index is 13.0. The molecule has 7 nitrogen and oxygen atoms in total. The summed E-state index contributed by atoms with van der Waals surface area (Å²) >= 11 is 6.69. The molecule has 12 heteroatoms. The average molecular weight is 436 g/mol. The van der Waals surface area contributed by atoms with Gasteiger partial charge in [-0.05, 0) is 18.9 Å². The topological polar surface area (TPSA) is 88.4 Å². The van der Waals surface area contributed by atoms with E-state index in [4.69, 9.17) is 11.6 Å². The van der Waals surface area contributed by atoms with Gasteiger partial charge in [-0.3, -0.25) is 14.5 Å². The van der Waals surface area contributed by atoms with E-state index in [9.17, 15) is 22.8 Å². The van der Waals surface area contributed by atoms with Crippen molar-refractivity contribution in [3.63, 3.8) is 0 Å². The fourth-order valence-corrected chi connectivity index (χ4v) is 3.90. The molecule has 0 aliphatic heterocycles. The van der Waals surface area contributed by atoms with Crippen molar-refractivity contribution in [2.24, 2.45) is 0 Å². The van der Waals surface area contributed by atoms with E-state index < -0.39 is 23.7 Å². The third kappa shape index (κ3) is 5.07. The van der Waals surface area contributed by atoms with E-state index in [0.29, 0.717) is 0 Å². The highest BCUT2D eigenvalue weighted by atomic mass is 35.5. The van der Waals surface area contributed by atoms with Crippen LogP contribution in [0.1, 0.15) is 37.7 Å². The number of halogens is 4. The molecular weight excluding hydrogens is 419 g/mol. The Hall–Kier alpha value is -2.01. The predicted octanol–water partition coefficient (Wildman–Crippen LogP) is 3.65. The summed E-state index contributed by atoms with van der Waals surface area (Å²) in [6.45, 7) is 0. The average Bonchev–Trinajstić information content (AvgIpc) is 3.03. The van der Waals surface area contributed by atoms with Crippen LogP contribution in [0.3, 0.4) is 0 Å². The van der Waals surface area contributed by atoms with Crippen molar-refractivity contribution in [1.82, 2.24) is 25.2 Å². The third-order valence-corrected chi connectivity index (χ3v) is 5.50. The maximum Gasteiger partial charge on any atom is 0.417 e. The number of nitrogens with zero attached hydrogens (tertiary/aromatic N) is 3. The maximum atomic E-state index is 13.0. The van der Waals surface area contributed by atoms with Crippen molar-refractivity contribution in [3.8, 4) is 0 Å². The van der Waals surface area contributed by atoms with Gasteiger partial charge in [0.15, 0.2) is 10.8 Å². The van der Waals surface area contributed by atoms with E-state index in [1.165, 1.54) is 0 Å². The standard InChI is InChI=1S/C16H17ClF3N5O2S/c17-11-6-9(16(18,19)20)7-25-13(11)23-24-15(25)28-8-12(26)22-14(27)21-10-4-2-1-3-5-10/h6-7,10H,1-5,8H2,(H2,21,22,26,27). The smallest absolute Gasteiger partial charge is 0.335 e. The Labute approximate surface area is 167 Å². The molecule has 2 N–H and O–H groups in total. The van der Waals surface area contributed by atoms with Crippen molar-refractivity contribution in [2.45, 2.75) is 49.5 Å². The number of hydrogen-bond donors (Lipinski definition) is 2. The Balaban J connectivity index is 1.60. The minimum atomic E-state index is -4.58. The van der Waals surface area contributed by atoms with Gasteiger partial charge in [0.05, 0.1) is 16.3 Å². The van der Waals surface area contributed by atoms with Gasteiger partial charge in [0.2, 0.25) is 5.91 Å². The highest BCUT2D eigenvalue weighted by Crippen LogP contribution is 2.33. The zero-order chi connectivity index (χ0) is 20.3. The number of hydrogen-bond acceptors (Lipinski definition) is 5. The molecule has 0 bridgehead atoms. The van der Waals surface area contributed by atoms with E-state index in [1.54, 1.807) is 0 Å². The van der Waals surface area contributed by atoms with Gasteiger partial charge >= 0.3 is 12.2 Å². The van der Waals surface area contributed by atoms with Crippen LogP contribution in [-0.2, 0) is 11.0 Å². The van der Waals surface area contributed by atoms with Gasteiger partial charge in [-0.15, -0.1) is 10.2 Å². The number of carbonyl (C=O) groups is 2. The van der Waals surface area contributed by atoms with Crippen LogP contribution >= 0.6 is 23.4 Å². The number of aromatic nitrogens is 3. The molecular formula is C16H17ClF3N5O2S. The molecule has 0 aromatic carbocycles. The van der Waals surface area contributed by atoms with Gasteiger partial charge in [-0.25, -0.2) is 4.79 Å². The quantitative estimate of drug-likeness (QED) is 0.716. The number of thioether (sulfide) groups is 1. The monoisotopic (exact) mass is 435 g/mol. The first-order chi connectivity index (χ1) is 13.2. The van der Waals surface area contributed by atoms with E-state index in [0.717, 1.165) is 60.5 Å². The molecule has 0 unspecified atom stereocenters. The molecule has 152 valence electrons. The second kappa shape index (κ2) is 8.56. The lowest BCUT2D eigenvalue weighted by Crippen LogP contribution is -2.45. The van der Waals surface area contributed by atoms with Crippen molar-refractivity contribution in [3.05, 3.63) is 22.8 Å². The molecule has 28 heavy (non-hydrogen) atoms. The Morgan fingerprint density at radius 3 is 2.64 bits per heavy atom. The summed E-state index contributed by atoms with van der Waals surface area (Å²) in [7, 11) is 0. The van der Waals surface area contributed by atoms with Crippen LogP contribution in [-0.4, -0.2) is 38.3 Å². The minimum Gasteiger partial charge on any atom is -0.335 e. The van der Waals surface area contributed by atoms with Gasteiger partial charge in [0.1, 0.15) is 0 Å². The highest BCUT2D eigenvalue weighted by Gasteiger charge is 2.32. The van der Waals surface area contributed by atoms with Gasteiger partial charge in [-0.1, -0.05) is 42.6 Å². The Kier molecular flexibility index (Phi) is 6.33. The number of carbonyl (C=O) groups excluding carboxylic acids is 2. The molecule has 2 aromatic heterocycles. The van der Waals surface area contributed by atoms with Crippen LogP contribution in [0, 0.1) is 0 Å². The molecule has 0 atom stereocenters.